The Hall–Kier alpha value is 0.250. The molecule has 72 valence electrons. The Balaban J connectivity index is 2.03. The Labute approximate surface area is 80.4 Å². The normalized spacial score (nSPS) is 28.5. The second kappa shape index (κ2) is 3.97. The molecule has 0 aromatic rings. The predicted molar refractivity (Wildman–Crippen MR) is 52.7 cm³/mol. The fourth-order valence-electron chi connectivity index (χ4n) is 1.51. The van der Waals surface area contributed by atoms with Crippen molar-refractivity contribution in [2.24, 2.45) is 5.92 Å². The lowest BCUT2D eigenvalue weighted by atomic mass is 9.98. The molecule has 0 saturated carbocycles. The molecule has 1 rings (SSSR count). The maximum atomic E-state index is 5.65. The van der Waals surface area contributed by atoms with Crippen molar-refractivity contribution in [2.75, 3.05) is 5.88 Å². The van der Waals surface area contributed by atoms with E-state index < -0.39 is 0 Å². The number of rotatable bonds is 5. The number of alkyl halides is 1. The van der Waals surface area contributed by atoms with Crippen molar-refractivity contribution in [3.63, 3.8) is 0 Å². The highest BCUT2D eigenvalue weighted by Gasteiger charge is 2.46. The molecule has 2 heteroatoms. The first kappa shape index (κ1) is 10.3. The summed E-state index contributed by atoms with van der Waals surface area (Å²) in [6.07, 6.45) is 4.09. The summed E-state index contributed by atoms with van der Waals surface area (Å²) in [5.74, 6) is 1.54. The van der Waals surface area contributed by atoms with Gasteiger partial charge >= 0.3 is 0 Å². The van der Waals surface area contributed by atoms with E-state index in [-0.39, 0.29) is 5.60 Å². The summed E-state index contributed by atoms with van der Waals surface area (Å²) in [6, 6.07) is 0. The van der Waals surface area contributed by atoms with Crippen molar-refractivity contribution < 1.29 is 4.74 Å². The molecule has 12 heavy (non-hydrogen) atoms. The van der Waals surface area contributed by atoms with E-state index in [1.165, 1.54) is 12.8 Å². The Morgan fingerprint density at radius 3 is 2.42 bits per heavy atom. The van der Waals surface area contributed by atoms with Gasteiger partial charge in [-0.15, -0.1) is 11.6 Å². The number of hydrogen-bond donors (Lipinski definition) is 0. The zero-order valence-corrected chi connectivity index (χ0v) is 9.03. The van der Waals surface area contributed by atoms with Gasteiger partial charge in [0.15, 0.2) is 0 Å². The van der Waals surface area contributed by atoms with Crippen molar-refractivity contribution in [2.45, 2.75) is 51.7 Å². The van der Waals surface area contributed by atoms with Gasteiger partial charge in [-0.1, -0.05) is 6.92 Å². The molecule has 0 radical (unpaired) electrons. The van der Waals surface area contributed by atoms with Crippen LogP contribution >= 0.6 is 11.6 Å². The molecule has 0 bridgehead atoms. The van der Waals surface area contributed by atoms with E-state index in [2.05, 4.69) is 20.8 Å². The Bertz CT molecular complexity index is 145. The van der Waals surface area contributed by atoms with Crippen LogP contribution in [0.3, 0.4) is 0 Å². The van der Waals surface area contributed by atoms with E-state index in [9.17, 15) is 0 Å². The molecule has 0 spiro atoms. The minimum Gasteiger partial charge on any atom is -0.367 e. The first-order valence-electron chi connectivity index (χ1n) is 4.80. The largest absolute Gasteiger partial charge is 0.367 e. The standard InChI is InChI=1S/C10H19ClO/c1-8(6-7-11)4-5-9-10(2,3)12-9/h8-9H,4-7H2,1-3H3. The number of hydrogen-bond acceptors (Lipinski definition) is 1. The van der Waals surface area contributed by atoms with Gasteiger partial charge in [0.25, 0.3) is 0 Å². The molecule has 1 aliphatic rings. The summed E-state index contributed by atoms with van der Waals surface area (Å²) in [5, 5.41) is 0. The summed E-state index contributed by atoms with van der Waals surface area (Å²) in [7, 11) is 0. The van der Waals surface area contributed by atoms with Crippen molar-refractivity contribution in [3.05, 3.63) is 0 Å². The molecule has 2 atom stereocenters. The maximum absolute atomic E-state index is 5.65. The third kappa shape index (κ3) is 2.95. The fraction of sp³-hybridized carbons (Fsp3) is 1.00. The van der Waals surface area contributed by atoms with Crippen LogP contribution in [-0.2, 0) is 4.74 Å². The summed E-state index contributed by atoms with van der Waals surface area (Å²) >= 11 is 5.65. The van der Waals surface area contributed by atoms with Crippen molar-refractivity contribution in [3.8, 4) is 0 Å². The first-order valence-corrected chi connectivity index (χ1v) is 5.33. The smallest absolute Gasteiger partial charge is 0.0892 e. The van der Waals surface area contributed by atoms with Crippen LogP contribution in [0.15, 0.2) is 0 Å². The zero-order chi connectivity index (χ0) is 9.19. The third-order valence-electron chi connectivity index (χ3n) is 2.69. The van der Waals surface area contributed by atoms with Crippen LogP contribution in [0.1, 0.15) is 40.0 Å². The van der Waals surface area contributed by atoms with Crippen molar-refractivity contribution in [1.29, 1.82) is 0 Å². The van der Waals surface area contributed by atoms with Crippen LogP contribution in [0, 0.1) is 5.92 Å². The van der Waals surface area contributed by atoms with Gasteiger partial charge in [0, 0.05) is 5.88 Å². The second-order valence-corrected chi connectivity index (χ2v) is 4.75. The monoisotopic (exact) mass is 190 g/mol. The van der Waals surface area contributed by atoms with Crippen LogP contribution in [0.5, 0.6) is 0 Å². The van der Waals surface area contributed by atoms with Gasteiger partial charge in [0.2, 0.25) is 0 Å². The van der Waals surface area contributed by atoms with Crippen LogP contribution < -0.4 is 0 Å². The third-order valence-corrected chi connectivity index (χ3v) is 2.91. The van der Waals surface area contributed by atoms with Crippen LogP contribution in [0.25, 0.3) is 0 Å². The van der Waals surface area contributed by atoms with Crippen LogP contribution in [0.4, 0.5) is 0 Å². The van der Waals surface area contributed by atoms with Crippen molar-refractivity contribution in [1.82, 2.24) is 0 Å². The average Bonchev–Trinajstić information content (AvgIpc) is 2.56. The highest BCUT2D eigenvalue weighted by atomic mass is 35.5. The molecule has 1 saturated heterocycles. The molecule has 1 nitrogen and oxygen atoms in total. The van der Waals surface area contributed by atoms with E-state index in [4.69, 9.17) is 16.3 Å². The lowest BCUT2D eigenvalue weighted by molar-refractivity contribution is 0.313. The summed E-state index contributed by atoms with van der Waals surface area (Å²) < 4.78 is 5.50. The SMILES string of the molecule is CC(CCCl)CCC1OC1(C)C. The first-order chi connectivity index (χ1) is 5.56. The van der Waals surface area contributed by atoms with Gasteiger partial charge < -0.3 is 4.74 Å². The molecule has 0 aromatic carbocycles. The number of ether oxygens (including phenoxy) is 1. The molecule has 2 unspecified atom stereocenters. The van der Waals surface area contributed by atoms with Gasteiger partial charge in [-0.25, -0.2) is 0 Å². The lowest BCUT2D eigenvalue weighted by Crippen LogP contribution is -2.05. The summed E-state index contributed by atoms with van der Waals surface area (Å²) in [6.45, 7) is 6.57. The van der Waals surface area contributed by atoms with Gasteiger partial charge in [-0.2, -0.15) is 0 Å². The van der Waals surface area contributed by atoms with Gasteiger partial charge in [-0.05, 0) is 39.0 Å². The summed E-state index contributed by atoms with van der Waals surface area (Å²) in [4.78, 5) is 0. The molecule has 0 amide bonds. The highest BCUT2D eigenvalue weighted by Crippen LogP contribution is 2.39. The Morgan fingerprint density at radius 1 is 1.42 bits per heavy atom. The van der Waals surface area contributed by atoms with E-state index in [1.54, 1.807) is 0 Å². The lowest BCUT2D eigenvalue weighted by Gasteiger charge is -2.07. The second-order valence-electron chi connectivity index (χ2n) is 4.37. The van der Waals surface area contributed by atoms with Gasteiger partial charge in [0.1, 0.15) is 0 Å². The molecule has 0 N–H and O–H groups in total. The molecule has 0 aliphatic carbocycles. The quantitative estimate of drug-likeness (QED) is 0.479. The van der Waals surface area contributed by atoms with Crippen molar-refractivity contribution >= 4 is 11.6 Å². The fourth-order valence-corrected chi connectivity index (χ4v) is 1.88. The number of halogens is 1. The van der Waals surface area contributed by atoms with Gasteiger partial charge in [0.05, 0.1) is 11.7 Å². The predicted octanol–water partition coefficient (Wildman–Crippen LogP) is 3.21. The Kier molecular flexibility index (Phi) is 3.42. The molecular formula is C10H19ClO. The van der Waals surface area contributed by atoms with E-state index >= 15 is 0 Å². The average molecular weight is 191 g/mol. The van der Waals surface area contributed by atoms with E-state index in [0.29, 0.717) is 6.10 Å². The number of epoxide rings is 1. The van der Waals surface area contributed by atoms with Crippen LogP contribution in [-0.4, -0.2) is 17.6 Å². The van der Waals surface area contributed by atoms with Crippen LogP contribution in [0.2, 0.25) is 0 Å². The molecule has 1 heterocycles. The zero-order valence-electron chi connectivity index (χ0n) is 8.27. The van der Waals surface area contributed by atoms with E-state index in [1.807, 2.05) is 0 Å². The molecule has 1 aliphatic heterocycles. The topological polar surface area (TPSA) is 12.5 Å². The minimum absolute atomic E-state index is 0.167. The van der Waals surface area contributed by atoms with E-state index in [0.717, 1.165) is 18.2 Å². The molecule has 1 fully saturated rings. The minimum atomic E-state index is 0.167. The van der Waals surface area contributed by atoms with Gasteiger partial charge in [-0.3, -0.25) is 0 Å². The molecule has 0 aromatic heterocycles. The Morgan fingerprint density at radius 2 is 2.00 bits per heavy atom. The summed E-state index contributed by atoms with van der Waals surface area (Å²) in [5.41, 5.74) is 0.167. The highest BCUT2D eigenvalue weighted by molar-refractivity contribution is 6.17. The molecular weight excluding hydrogens is 172 g/mol. The maximum Gasteiger partial charge on any atom is 0.0892 e.